The number of carbonyl (C=O) groups excluding carboxylic acids is 2. The number of allylic oxidation sites excluding steroid dienone is 1. The molecule has 0 spiro atoms. The summed E-state index contributed by atoms with van der Waals surface area (Å²) in [7, 11) is 4.14. The van der Waals surface area contributed by atoms with Gasteiger partial charge in [-0.15, -0.1) is 0 Å². The molecule has 1 aliphatic rings. The van der Waals surface area contributed by atoms with Gasteiger partial charge in [-0.2, -0.15) is 4.68 Å². The van der Waals surface area contributed by atoms with Gasteiger partial charge in [0, 0.05) is 5.56 Å². The highest BCUT2D eigenvalue weighted by Crippen LogP contribution is 2.39. The van der Waals surface area contributed by atoms with Gasteiger partial charge in [0.25, 0.3) is 0 Å². The summed E-state index contributed by atoms with van der Waals surface area (Å²) in [5.74, 6) is -0.374. The van der Waals surface area contributed by atoms with E-state index in [4.69, 9.17) is 14.2 Å². The van der Waals surface area contributed by atoms with Crippen LogP contribution in [0.15, 0.2) is 53.7 Å². The van der Waals surface area contributed by atoms with Gasteiger partial charge in [0.1, 0.15) is 17.5 Å². The molecule has 32 heavy (non-hydrogen) atoms. The Morgan fingerprint density at radius 3 is 2.47 bits per heavy atom. The van der Waals surface area contributed by atoms with E-state index in [0.717, 1.165) is 0 Å². The highest BCUT2D eigenvalue weighted by Gasteiger charge is 2.38. The molecule has 3 aromatic rings. The number of hydrogen-bond acceptors (Lipinski definition) is 10. The van der Waals surface area contributed by atoms with Gasteiger partial charge in [0.15, 0.2) is 17.3 Å². The maximum absolute atomic E-state index is 13.7. The van der Waals surface area contributed by atoms with Crippen LogP contribution in [0, 0.1) is 0 Å². The number of phenols is 1. The quantitative estimate of drug-likeness (QED) is 0.433. The molecule has 0 saturated heterocycles. The third kappa shape index (κ3) is 3.49. The molecule has 1 aliphatic heterocycles. The van der Waals surface area contributed by atoms with Crippen molar-refractivity contribution in [2.24, 2.45) is 0 Å². The number of anilines is 1. The first-order chi connectivity index (χ1) is 15.5. The average molecular weight is 437 g/mol. The number of phenolic OH excluding ortho intramolecular Hbond substituents is 1. The van der Waals surface area contributed by atoms with Gasteiger partial charge >= 0.3 is 5.97 Å². The molecule has 164 valence electrons. The van der Waals surface area contributed by atoms with Crippen LogP contribution < -0.4 is 14.8 Å². The number of tetrazole rings is 1. The number of fused-ring (bicyclic) bond motifs is 1. The van der Waals surface area contributed by atoms with Crippen molar-refractivity contribution in [3.8, 4) is 17.2 Å². The van der Waals surface area contributed by atoms with E-state index in [2.05, 4.69) is 20.8 Å². The Balaban J connectivity index is 1.93. The Morgan fingerprint density at radius 1 is 1.06 bits per heavy atom. The normalized spacial score (nSPS) is 14.9. The van der Waals surface area contributed by atoms with Crippen LogP contribution in [0.1, 0.15) is 22.0 Å². The number of aromatic hydroxyl groups is 1. The van der Waals surface area contributed by atoms with Gasteiger partial charge < -0.3 is 24.6 Å². The second-order valence-corrected chi connectivity index (χ2v) is 6.74. The maximum Gasteiger partial charge on any atom is 0.355 e. The molecule has 0 radical (unpaired) electrons. The summed E-state index contributed by atoms with van der Waals surface area (Å²) in [6, 6.07) is 10.1. The zero-order chi connectivity index (χ0) is 22.8. The first kappa shape index (κ1) is 20.8. The summed E-state index contributed by atoms with van der Waals surface area (Å²) >= 11 is 0. The molecule has 0 bridgehead atoms. The smallest absolute Gasteiger partial charge is 0.355 e. The molecule has 1 atom stereocenters. The molecule has 0 saturated carbocycles. The third-order valence-electron chi connectivity index (χ3n) is 5.02. The lowest BCUT2D eigenvalue weighted by molar-refractivity contribution is -0.136. The minimum Gasteiger partial charge on any atom is -0.504 e. The van der Waals surface area contributed by atoms with Crippen molar-refractivity contribution >= 4 is 17.7 Å². The lowest BCUT2D eigenvalue weighted by Gasteiger charge is -2.28. The summed E-state index contributed by atoms with van der Waals surface area (Å²) in [6.07, 6.45) is 0. The predicted octanol–water partition coefficient (Wildman–Crippen LogP) is 1.72. The van der Waals surface area contributed by atoms with Gasteiger partial charge in [-0.25, -0.2) is 4.79 Å². The minimum atomic E-state index is -0.903. The number of aromatic nitrogens is 4. The van der Waals surface area contributed by atoms with E-state index < -0.39 is 17.8 Å². The van der Waals surface area contributed by atoms with E-state index in [1.165, 1.54) is 32.1 Å². The number of esters is 1. The zero-order valence-electron chi connectivity index (χ0n) is 17.4. The molecule has 0 amide bonds. The SMILES string of the molecule is COC(=O)C1=C(C(=O)c2ccc(OC)cc2)[C@H](c2ccc(O)c(OC)c2)n2nnnc2N1. The van der Waals surface area contributed by atoms with E-state index in [1.54, 1.807) is 36.4 Å². The zero-order valence-corrected chi connectivity index (χ0v) is 17.4. The van der Waals surface area contributed by atoms with Gasteiger partial charge in [-0.3, -0.25) is 4.79 Å². The number of benzene rings is 2. The van der Waals surface area contributed by atoms with E-state index in [-0.39, 0.29) is 28.7 Å². The third-order valence-corrected chi connectivity index (χ3v) is 5.02. The number of nitrogens with zero attached hydrogens (tertiary/aromatic N) is 4. The summed E-state index contributed by atoms with van der Waals surface area (Å²) in [6.45, 7) is 0. The predicted molar refractivity (Wildman–Crippen MR) is 111 cm³/mol. The minimum absolute atomic E-state index is 0.0644. The van der Waals surface area contributed by atoms with Crippen molar-refractivity contribution in [3.63, 3.8) is 0 Å². The van der Waals surface area contributed by atoms with E-state index in [1.807, 2.05) is 0 Å². The monoisotopic (exact) mass is 437 g/mol. The number of carbonyl (C=O) groups is 2. The van der Waals surface area contributed by atoms with Crippen molar-refractivity contribution in [3.05, 3.63) is 64.9 Å². The lowest BCUT2D eigenvalue weighted by Crippen LogP contribution is -2.33. The molecule has 1 aromatic heterocycles. The summed E-state index contributed by atoms with van der Waals surface area (Å²) < 4.78 is 16.6. The highest BCUT2D eigenvalue weighted by atomic mass is 16.5. The van der Waals surface area contributed by atoms with Crippen LogP contribution in [0.25, 0.3) is 0 Å². The number of rotatable bonds is 6. The van der Waals surface area contributed by atoms with Crippen molar-refractivity contribution in [1.82, 2.24) is 20.2 Å². The number of ketones is 1. The first-order valence-corrected chi connectivity index (χ1v) is 9.41. The summed E-state index contributed by atoms with van der Waals surface area (Å²) in [5, 5.41) is 24.4. The molecule has 2 aromatic carbocycles. The number of hydrogen-bond donors (Lipinski definition) is 2. The molecular weight excluding hydrogens is 418 g/mol. The molecule has 0 aliphatic carbocycles. The van der Waals surface area contributed by atoms with Crippen LogP contribution in [0.5, 0.6) is 17.2 Å². The Bertz CT molecular complexity index is 1220. The first-order valence-electron chi connectivity index (χ1n) is 9.41. The molecular formula is C21H19N5O6. The van der Waals surface area contributed by atoms with Crippen molar-refractivity contribution in [2.45, 2.75) is 6.04 Å². The maximum atomic E-state index is 13.7. The second-order valence-electron chi connectivity index (χ2n) is 6.74. The second kappa shape index (κ2) is 8.38. The van der Waals surface area contributed by atoms with Crippen LogP contribution >= 0.6 is 0 Å². The van der Waals surface area contributed by atoms with Crippen LogP contribution in [-0.2, 0) is 9.53 Å². The van der Waals surface area contributed by atoms with Crippen molar-refractivity contribution < 1.29 is 28.9 Å². The van der Waals surface area contributed by atoms with Crippen LogP contribution in [0.3, 0.4) is 0 Å². The molecule has 4 rings (SSSR count). The van der Waals surface area contributed by atoms with Crippen molar-refractivity contribution in [1.29, 1.82) is 0 Å². The van der Waals surface area contributed by atoms with Gasteiger partial charge in [0.2, 0.25) is 5.95 Å². The standard InChI is InChI=1S/C21H19N5O6/c1-30-13-7-4-11(5-8-13)19(28)16-17(20(29)32-3)22-21-23-24-25-26(21)18(16)12-6-9-14(27)15(10-12)31-2/h4-10,18,27H,1-3H3,(H,22,23,25)/t18-/m0/s1. The fourth-order valence-electron chi connectivity index (χ4n) is 3.46. The summed E-state index contributed by atoms with van der Waals surface area (Å²) in [4.78, 5) is 26.3. The summed E-state index contributed by atoms with van der Waals surface area (Å²) in [5.41, 5.74) is 0.798. The van der Waals surface area contributed by atoms with E-state index in [0.29, 0.717) is 16.9 Å². The Morgan fingerprint density at radius 2 is 1.81 bits per heavy atom. The van der Waals surface area contributed by atoms with Gasteiger partial charge in [-0.1, -0.05) is 11.2 Å². The molecule has 0 fully saturated rings. The molecule has 2 heterocycles. The van der Waals surface area contributed by atoms with Gasteiger partial charge in [0.05, 0.1) is 26.9 Å². The molecule has 0 unspecified atom stereocenters. The Hall–Kier alpha value is -4.41. The molecule has 11 heteroatoms. The van der Waals surface area contributed by atoms with E-state index >= 15 is 0 Å². The number of ether oxygens (including phenoxy) is 3. The number of nitrogens with one attached hydrogen (secondary N) is 1. The lowest BCUT2D eigenvalue weighted by atomic mass is 9.89. The van der Waals surface area contributed by atoms with Crippen LogP contribution in [-0.4, -0.2) is 58.4 Å². The number of Topliss-reactive ketones (excluding diaryl/α,β-unsaturated/α-hetero) is 1. The highest BCUT2D eigenvalue weighted by molar-refractivity contribution is 6.15. The fraction of sp³-hybridized carbons (Fsp3) is 0.190. The van der Waals surface area contributed by atoms with Crippen LogP contribution in [0.4, 0.5) is 5.95 Å². The van der Waals surface area contributed by atoms with Gasteiger partial charge in [-0.05, 0) is 52.4 Å². The van der Waals surface area contributed by atoms with Crippen molar-refractivity contribution in [2.75, 3.05) is 26.6 Å². The van der Waals surface area contributed by atoms with Crippen LogP contribution in [0.2, 0.25) is 0 Å². The molecule has 2 N–H and O–H groups in total. The molecule has 11 nitrogen and oxygen atoms in total. The fourth-order valence-corrected chi connectivity index (χ4v) is 3.46. The Kier molecular flexibility index (Phi) is 5.46. The van der Waals surface area contributed by atoms with E-state index in [9.17, 15) is 14.7 Å². The topological polar surface area (TPSA) is 138 Å². The largest absolute Gasteiger partial charge is 0.504 e. The number of methoxy groups -OCH3 is 3. The average Bonchev–Trinajstić information content (AvgIpc) is 3.31. The Labute approximate surface area is 182 Å².